The Balaban J connectivity index is 2.17. The van der Waals surface area contributed by atoms with Crippen molar-refractivity contribution in [2.45, 2.75) is 49.3 Å². The normalized spacial score (nSPS) is 17.0. The van der Waals surface area contributed by atoms with Gasteiger partial charge >= 0.3 is 0 Å². The predicted molar refractivity (Wildman–Crippen MR) is 72.7 cm³/mol. The molecule has 3 N–H and O–H groups in total. The number of amidine groups is 1. The van der Waals surface area contributed by atoms with Gasteiger partial charge in [0.15, 0.2) is 0 Å². The van der Waals surface area contributed by atoms with Crippen LogP contribution in [-0.4, -0.2) is 16.1 Å². The van der Waals surface area contributed by atoms with Crippen molar-refractivity contribution >= 4 is 17.6 Å². The molecule has 3 nitrogen and oxygen atoms in total. The molecule has 1 fully saturated rings. The highest BCUT2D eigenvalue weighted by molar-refractivity contribution is 7.99. The summed E-state index contributed by atoms with van der Waals surface area (Å²) in [6, 6.07) is 3.83. The lowest BCUT2D eigenvalue weighted by atomic mass is 10.0. The number of rotatable bonds is 3. The second-order valence-electron chi connectivity index (χ2n) is 4.60. The van der Waals surface area contributed by atoms with Crippen LogP contribution in [0.3, 0.4) is 0 Å². The zero-order chi connectivity index (χ0) is 12.3. The van der Waals surface area contributed by atoms with Crippen LogP contribution in [0.25, 0.3) is 0 Å². The summed E-state index contributed by atoms with van der Waals surface area (Å²) in [5.41, 5.74) is 7.38. The first-order valence-electron chi connectivity index (χ1n) is 6.15. The number of nitrogen functional groups attached to an aromatic ring is 1. The number of pyridine rings is 1. The molecule has 1 aromatic heterocycles. The zero-order valence-electron chi connectivity index (χ0n) is 10.2. The second-order valence-corrected chi connectivity index (χ2v) is 5.89. The third-order valence-corrected chi connectivity index (χ3v) is 4.46. The molecule has 92 valence electrons. The Bertz CT molecular complexity index is 411. The van der Waals surface area contributed by atoms with Crippen LogP contribution in [0.5, 0.6) is 0 Å². The third kappa shape index (κ3) is 3.22. The minimum atomic E-state index is 0.121. The lowest BCUT2D eigenvalue weighted by Gasteiger charge is -2.21. The zero-order valence-corrected chi connectivity index (χ0v) is 11.0. The maximum absolute atomic E-state index is 7.59. The Morgan fingerprint density at radius 1 is 1.35 bits per heavy atom. The predicted octanol–water partition coefficient (Wildman–Crippen LogP) is 3.10. The molecule has 0 bridgehead atoms. The largest absolute Gasteiger partial charge is 0.384 e. The number of nitrogens with one attached hydrogen (secondary N) is 1. The molecular weight excluding hydrogens is 230 g/mol. The van der Waals surface area contributed by atoms with E-state index in [9.17, 15) is 0 Å². The standard InChI is InChI=1S/C13H19N3S/c1-9-7-8-11(12(14)15)13(16-9)17-10-5-3-2-4-6-10/h7-8,10H,2-6H2,1H3,(H3,14,15). The Morgan fingerprint density at radius 2 is 2.06 bits per heavy atom. The minimum absolute atomic E-state index is 0.121. The Kier molecular flexibility index (Phi) is 4.05. The smallest absolute Gasteiger partial charge is 0.125 e. The topological polar surface area (TPSA) is 62.8 Å². The number of hydrogen-bond donors (Lipinski definition) is 2. The number of hydrogen-bond acceptors (Lipinski definition) is 3. The van der Waals surface area contributed by atoms with E-state index in [0.717, 1.165) is 16.3 Å². The highest BCUT2D eigenvalue weighted by Crippen LogP contribution is 2.34. The van der Waals surface area contributed by atoms with Crippen molar-refractivity contribution in [3.63, 3.8) is 0 Å². The van der Waals surface area contributed by atoms with E-state index in [0.29, 0.717) is 5.25 Å². The number of nitrogens with two attached hydrogens (primary N) is 1. The van der Waals surface area contributed by atoms with Crippen molar-refractivity contribution in [2.24, 2.45) is 5.73 Å². The summed E-state index contributed by atoms with van der Waals surface area (Å²) in [4.78, 5) is 4.53. The average molecular weight is 249 g/mol. The van der Waals surface area contributed by atoms with Gasteiger partial charge in [-0.05, 0) is 31.9 Å². The van der Waals surface area contributed by atoms with Gasteiger partial charge in [0.05, 0.1) is 0 Å². The Hall–Kier alpha value is -1.03. The van der Waals surface area contributed by atoms with Gasteiger partial charge in [-0.15, -0.1) is 11.8 Å². The molecular formula is C13H19N3S. The van der Waals surface area contributed by atoms with Crippen molar-refractivity contribution in [2.75, 3.05) is 0 Å². The fraction of sp³-hybridized carbons (Fsp3) is 0.538. The maximum atomic E-state index is 7.59. The lowest BCUT2D eigenvalue weighted by molar-refractivity contribution is 0.515. The van der Waals surface area contributed by atoms with E-state index in [1.807, 2.05) is 19.1 Å². The van der Waals surface area contributed by atoms with Gasteiger partial charge in [-0.3, -0.25) is 5.41 Å². The fourth-order valence-corrected chi connectivity index (χ4v) is 3.55. The summed E-state index contributed by atoms with van der Waals surface area (Å²) in [6.07, 6.45) is 6.52. The van der Waals surface area contributed by atoms with E-state index in [-0.39, 0.29) is 5.84 Å². The van der Waals surface area contributed by atoms with Crippen LogP contribution in [-0.2, 0) is 0 Å². The van der Waals surface area contributed by atoms with Crippen LogP contribution in [0, 0.1) is 12.3 Å². The van der Waals surface area contributed by atoms with Crippen LogP contribution in [0.4, 0.5) is 0 Å². The van der Waals surface area contributed by atoms with Crippen LogP contribution >= 0.6 is 11.8 Å². The molecule has 1 aliphatic rings. The molecule has 0 saturated heterocycles. The first-order valence-corrected chi connectivity index (χ1v) is 7.03. The van der Waals surface area contributed by atoms with Gasteiger partial charge in [-0.2, -0.15) is 0 Å². The minimum Gasteiger partial charge on any atom is -0.384 e. The highest BCUT2D eigenvalue weighted by Gasteiger charge is 2.18. The van der Waals surface area contributed by atoms with Gasteiger partial charge < -0.3 is 5.73 Å². The van der Waals surface area contributed by atoms with Crippen molar-refractivity contribution in [3.8, 4) is 0 Å². The van der Waals surface area contributed by atoms with Crippen molar-refractivity contribution in [1.82, 2.24) is 4.98 Å². The van der Waals surface area contributed by atoms with E-state index in [2.05, 4.69) is 4.98 Å². The van der Waals surface area contributed by atoms with Crippen LogP contribution < -0.4 is 5.73 Å². The molecule has 17 heavy (non-hydrogen) atoms. The molecule has 0 unspecified atom stereocenters. The molecule has 1 aromatic rings. The molecule has 0 aromatic carbocycles. The number of thioether (sulfide) groups is 1. The molecule has 1 aliphatic carbocycles. The van der Waals surface area contributed by atoms with E-state index in [1.165, 1.54) is 32.1 Å². The Morgan fingerprint density at radius 3 is 2.71 bits per heavy atom. The van der Waals surface area contributed by atoms with Crippen LogP contribution in [0.2, 0.25) is 0 Å². The summed E-state index contributed by atoms with van der Waals surface area (Å²) >= 11 is 1.80. The molecule has 1 heterocycles. The number of aryl methyl sites for hydroxylation is 1. The SMILES string of the molecule is Cc1ccc(C(=N)N)c(SC2CCCCC2)n1. The summed E-state index contributed by atoms with van der Waals surface area (Å²) < 4.78 is 0. The van der Waals surface area contributed by atoms with Gasteiger partial charge in [-0.25, -0.2) is 4.98 Å². The van der Waals surface area contributed by atoms with Gasteiger partial charge in [0, 0.05) is 16.5 Å². The quantitative estimate of drug-likeness (QED) is 0.639. The molecule has 0 atom stereocenters. The van der Waals surface area contributed by atoms with Gasteiger partial charge in [0.2, 0.25) is 0 Å². The molecule has 0 spiro atoms. The second kappa shape index (κ2) is 5.54. The van der Waals surface area contributed by atoms with E-state index >= 15 is 0 Å². The maximum Gasteiger partial charge on any atom is 0.125 e. The molecule has 4 heteroatoms. The Labute approximate surface area is 107 Å². The van der Waals surface area contributed by atoms with Crippen LogP contribution in [0.1, 0.15) is 43.4 Å². The molecule has 0 aliphatic heterocycles. The first-order chi connectivity index (χ1) is 8.16. The molecule has 0 amide bonds. The van der Waals surface area contributed by atoms with Gasteiger partial charge in [0.25, 0.3) is 0 Å². The summed E-state index contributed by atoms with van der Waals surface area (Å²) in [7, 11) is 0. The molecule has 1 saturated carbocycles. The lowest BCUT2D eigenvalue weighted by Crippen LogP contribution is -2.15. The average Bonchev–Trinajstić information content (AvgIpc) is 2.30. The fourth-order valence-electron chi connectivity index (χ4n) is 2.17. The summed E-state index contributed by atoms with van der Waals surface area (Å²) in [6.45, 7) is 1.98. The van der Waals surface area contributed by atoms with Crippen LogP contribution in [0.15, 0.2) is 17.2 Å². The highest BCUT2D eigenvalue weighted by atomic mass is 32.2. The summed E-state index contributed by atoms with van der Waals surface area (Å²) in [5.74, 6) is 0.121. The van der Waals surface area contributed by atoms with Crippen molar-refractivity contribution in [3.05, 3.63) is 23.4 Å². The van der Waals surface area contributed by atoms with Crippen molar-refractivity contribution in [1.29, 1.82) is 5.41 Å². The third-order valence-electron chi connectivity index (χ3n) is 3.12. The van der Waals surface area contributed by atoms with E-state index < -0.39 is 0 Å². The van der Waals surface area contributed by atoms with Crippen molar-refractivity contribution < 1.29 is 0 Å². The number of aromatic nitrogens is 1. The number of nitrogens with zero attached hydrogens (tertiary/aromatic N) is 1. The van der Waals surface area contributed by atoms with Gasteiger partial charge in [0.1, 0.15) is 10.9 Å². The van der Waals surface area contributed by atoms with Gasteiger partial charge in [-0.1, -0.05) is 19.3 Å². The summed E-state index contributed by atoms with van der Waals surface area (Å²) in [5, 5.41) is 9.17. The van der Waals surface area contributed by atoms with E-state index in [1.54, 1.807) is 11.8 Å². The molecule has 2 rings (SSSR count). The molecule has 0 radical (unpaired) electrons. The monoisotopic (exact) mass is 249 g/mol. The first kappa shape index (κ1) is 12.4. The van der Waals surface area contributed by atoms with E-state index in [4.69, 9.17) is 11.1 Å².